The normalized spacial score (nSPS) is 24.2. The third-order valence-electron chi connectivity index (χ3n) is 4.51. The van der Waals surface area contributed by atoms with Crippen molar-refractivity contribution in [2.45, 2.75) is 43.9 Å². The zero-order valence-corrected chi connectivity index (χ0v) is 14.2. The van der Waals surface area contributed by atoms with Gasteiger partial charge < -0.3 is 14.4 Å². The highest BCUT2D eigenvalue weighted by atomic mass is 16.6. The molecule has 0 N–H and O–H groups in total. The standard InChI is InChI=1S/C20H19NO5/c1-2-11-20(12-10-17(22)26-20)19(24)21-13-6-9-16(21)18(23)25-14-15-7-4-3-5-8-15/h1,3-8,13,16H,9-12,14H2/t16-,20?/m0/s1. The van der Waals surface area contributed by atoms with Crippen molar-refractivity contribution in [1.29, 1.82) is 0 Å². The number of carbonyl (C=O) groups is 3. The Bertz CT molecular complexity index is 779. The third kappa shape index (κ3) is 3.47. The van der Waals surface area contributed by atoms with Crippen molar-refractivity contribution in [3.8, 4) is 12.3 Å². The van der Waals surface area contributed by atoms with Gasteiger partial charge in [0.2, 0.25) is 5.60 Å². The van der Waals surface area contributed by atoms with Gasteiger partial charge in [-0.05, 0) is 12.0 Å². The molecule has 1 saturated heterocycles. The molecule has 6 nitrogen and oxygen atoms in total. The lowest BCUT2D eigenvalue weighted by atomic mass is 9.94. The number of hydrogen-bond donors (Lipinski definition) is 0. The molecule has 0 spiro atoms. The number of benzene rings is 1. The molecule has 0 saturated carbocycles. The molecule has 0 aliphatic carbocycles. The van der Waals surface area contributed by atoms with Gasteiger partial charge in [-0.1, -0.05) is 36.4 Å². The van der Waals surface area contributed by atoms with Crippen LogP contribution in [0.25, 0.3) is 0 Å². The molecule has 134 valence electrons. The number of carbonyl (C=O) groups excluding carboxylic acids is 3. The summed E-state index contributed by atoms with van der Waals surface area (Å²) in [6.45, 7) is 0.128. The summed E-state index contributed by atoms with van der Waals surface area (Å²) in [5.41, 5.74) is -0.531. The Balaban J connectivity index is 1.69. The summed E-state index contributed by atoms with van der Waals surface area (Å²) in [4.78, 5) is 38.3. The Morgan fingerprint density at radius 1 is 1.35 bits per heavy atom. The minimum absolute atomic E-state index is 0.0201. The maximum atomic E-state index is 13.0. The zero-order chi connectivity index (χ0) is 18.6. The second-order valence-electron chi connectivity index (χ2n) is 6.29. The second-order valence-corrected chi connectivity index (χ2v) is 6.29. The van der Waals surface area contributed by atoms with E-state index < -0.39 is 29.5 Å². The van der Waals surface area contributed by atoms with Crippen molar-refractivity contribution in [1.82, 2.24) is 4.90 Å². The molecule has 0 aromatic heterocycles. The summed E-state index contributed by atoms with van der Waals surface area (Å²) in [6.07, 6.45) is 9.28. The van der Waals surface area contributed by atoms with Crippen molar-refractivity contribution in [3.05, 3.63) is 48.2 Å². The van der Waals surface area contributed by atoms with Gasteiger partial charge in [-0.25, -0.2) is 4.79 Å². The fraction of sp³-hybridized carbons (Fsp3) is 0.350. The van der Waals surface area contributed by atoms with Gasteiger partial charge in [0.05, 0.1) is 6.42 Å². The maximum Gasteiger partial charge on any atom is 0.329 e. The topological polar surface area (TPSA) is 72.9 Å². The number of esters is 2. The summed E-state index contributed by atoms with van der Waals surface area (Å²) in [5.74, 6) is 0.960. The molecule has 2 aliphatic heterocycles. The van der Waals surface area contributed by atoms with E-state index in [0.29, 0.717) is 6.42 Å². The fourth-order valence-corrected chi connectivity index (χ4v) is 3.14. The summed E-state index contributed by atoms with van der Waals surface area (Å²) >= 11 is 0. The fourth-order valence-electron chi connectivity index (χ4n) is 3.14. The quantitative estimate of drug-likeness (QED) is 0.597. The van der Waals surface area contributed by atoms with Crippen LogP contribution in [0.5, 0.6) is 0 Å². The molecule has 2 atom stereocenters. The van der Waals surface area contributed by atoms with Gasteiger partial charge in [0.15, 0.2) is 0 Å². The van der Waals surface area contributed by atoms with Crippen molar-refractivity contribution < 1.29 is 23.9 Å². The Hall–Kier alpha value is -3.07. The van der Waals surface area contributed by atoms with E-state index in [1.54, 1.807) is 6.08 Å². The van der Waals surface area contributed by atoms with Crippen LogP contribution in [0, 0.1) is 12.3 Å². The molecule has 2 heterocycles. The number of ether oxygens (including phenoxy) is 2. The molecule has 1 aromatic carbocycles. The second kappa shape index (κ2) is 7.44. The van der Waals surface area contributed by atoms with Gasteiger partial charge in [0.25, 0.3) is 5.91 Å². The van der Waals surface area contributed by atoms with Crippen LogP contribution >= 0.6 is 0 Å². The maximum absolute atomic E-state index is 13.0. The van der Waals surface area contributed by atoms with E-state index in [1.165, 1.54) is 11.1 Å². The highest BCUT2D eigenvalue weighted by molar-refractivity contribution is 5.94. The first-order valence-electron chi connectivity index (χ1n) is 8.41. The van der Waals surface area contributed by atoms with Crippen LogP contribution in [0.4, 0.5) is 0 Å². The highest BCUT2D eigenvalue weighted by Crippen LogP contribution is 2.34. The molecule has 6 heteroatoms. The van der Waals surface area contributed by atoms with Gasteiger partial charge in [-0.15, -0.1) is 12.3 Å². The smallest absolute Gasteiger partial charge is 0.329 e. The lowest BCUT2D eigenvalue weighted by molar-refractivity contribution is -0.167. The van der Waals surface area contributed by atoms with E-state index in [9.17, 15) is 14.4 Å². The van der Waals surface area contributed by atoms with Crippen molar-refractivity contribution in [3.63, 3.8) is 0 Å². The molecule has 0 radical (unpaired) electrons. The van der Waals surface area contributed by atoms with Crippen molar-refractivity contribution in [2.24, 2.45) is 0 Å². The summed E-state index contributed by atoms with van der Waals surface area (Å²) < 4.78 is 10.6. The van der Waals surface area contributed by atoms with Crippen LogP contribution in [-0.4, -0.2) is 34.4 Å². The minimum Gasteiger partial charge on any atom is -0.459 e. The van der Waals surface area contributed by atoms with E-state index in [-0.39, 0.29) is 25.9 Å². The van der Waals surface area contributed by atoms with E-state index >= 15 is 0 Å². The van der Waals surface area contributed by atoms with Crippen LogP contribution in [-0.2, 0) is 30.5 Å². The Labute approximate surface area is 151 Å². The lowest BCUT2D eigenvalue weighted by Crippen LogP contribution is -2.51. The molecule has 3 rings (SSSR count). The van der Waals surface area contributed by atoms with E-state index in [4.69, 9.17) is 15.9 Å². The molecule has 26 heavy (non-hydrogen) atoms. The Kier molecular flexibility index (Phi) is 5.08. The SMILES string of the molecule is C#CCC1(C(=O)N2C=CC[C@H]2C(=O)OCc2ccccc2)CCC(=O)O1. The largest absolute Gasteiger partial charge is 0.459 e. The summed E-state index contributed by atoms with van der Waals surface area (Å²) in [6, 6.07) is 8.51. The number of terminal acetylenes is 1. The van der Waals surface area contributed by atoms with Crippen LogP contribution in [0.1, 0.15) is 31.2 Å². The average molecular weight is 353 g/mol. The first-order valence-corrected chi connectivity index (χ1v) is 8.41. The van der Waals surface area contributed by atoms with Crippen LogP contribution < -0.4 is 0 Å². The van der Waals surface area contributed by atoms with E-state index in [0.717, 1.165) is 5.56 Å². The van der Waals surface area contributed by atoms with E-state index in [2.05, 4.69) is 5.92 Å². The number of hydrogen-bond acceptors (Lipinski definition) is 5. The average Bonchev–Trinajstić information content (AvgIpc) is 3.28. The zero-order valence-electron chi connectivity index (χ0n) is 14.2. The molecule has 1 unspecified atom stereocenters. The monoisotopic (exact) mass is 353 g/mol. The van der Waals surface area contributed by atoms with Gasteiger partial charge in [0.1, 0.15) is 12.6 Å². The number of cyclic esters (lactones) is 1. The highest BCUT2D eigenvalue weighted by Gasteiger charge is 2.51. The minimum atomic E-state index is -1.39. The van der Waals surface area contributed by atoms with Gasteiger partial charge >= 0.3 is 11.9 Å². The summed E-state index contributed by atoms with van der Waals surface area (Å²) in [7, 11) is 0. The predicted octanol–water partition coefficient (Wildman–Crippen LogP) is 1.94. The van der Waals surface area contributed by atoms with Crippen LogP contribution in [0.3, 0.4) is 0 Å². The summed E-state index contributed by atoms with van der Waals surface area (Å²) in [5, 5.41) is 0. The van der Waals surface area contributed by atoms with Gasteiger partial charge in [0, 0.05) is 19.0 Å². The van der Waals surface area contributed by atoms with E-state index in [1.807, 2.05) is 30.3 Å². The van der Waals surface area contributed by atoms with Gasteiger partial charge in [-0.2, -0.15) is 0 Å². The molecule has 2 aliphatic rings. The lowest BCUT2D eigenvalue weighted by Gasteiger charge is -2.31. The van der Waals surface area contributed by atoms with Crippen molar-refractivity contribution in [2.75, 3.05) is 0 Å². The van der Waals surface area contributed by atoms with Gasteiger partial charge in [-0.3, -0.25) is 9.59 Å². The number of amides is 1. The van der Waals surface area contributed by atoms with Crippen LogP contribution in [0.2, 0.25) is 0 Å². The number of nitrogens with zero attached hydrogens (tertiary/aromatic N) is 1. The molecule has 1 aromatic rings. The molecular formula is C20H19NO5. The third-order valence-corrected chi connectivity index (χ3v) is 4.51. The predicted molar refractivity (Wildman–Crippen MR) is 92.1 cm³/mol. The first-order chi connectivity index (χ1) is 12.6. The van der Waals surface area contributed by atoms with Crippen LogP contribution in [0.15, 0.2) is 42.6 Å². The Morgan fingerprint density at radius 2 is 2.12 bits per heavy atom. The molecular weight excluding hydrogens is 334 g/mol. The number of rotatable bonds is 5. The van der Waals surface area contributed by atoms with Crippen molar-refractivity contribution >= 4 is 17.8 Å². The molecule has 1 fully saturated rings. The Morgan fingerprint density at radius 3 is 2.77 bits per heavy atom. The molecule has 1 amide bonds. The molecule has 0 bridgehead atoms. The first kappa shape index (κ1) is 17.7.